The van der Waals surface area contributed by atoms with Gasteiger partial charge in [-0.2, -0.15) is 5.26 Å². The summed E-state index contributed by atoms with van der Waals surface area (Å²) in [5.41, 5.74) is 1.84. The van der Waals surface area contributed by atoms with E-state index in [9.17, 15) is 14.9 Å². The molecule has 1 aliphatic heterocycles. The van der Waals surface area contributed by atoms with Crippen molar-refractivity contribution in [1.82, 2.24) is 0 Å². The van der Waals surface area contributed by atoms with Gasteiger partial charge in [0.1, 0.15) is 16.7 Å². The molecule has 1 heterocycles. The molecule has 34 heavy (non-hydrogen) atoms. The molecule has 1 aliphatic rings. The number of nitrogens with one attached hydrogen (secondary N) is 1. The van der Waals surface area contributed by atoms with Gasteiger partial charge in [0.15, 0.2) is 0 Å². The number of benzene rings is 3. The van der Waals surface area contributed by atoms with Gasteiger partial charge in [0.2, 0.25) is 5.91 Å². The molecule has 0 radical (unpaired) electrons. The zero-order chi connectivity index (χ0) is 24.2. The third kappa shape index (κ3) is 5.48. The fraction of sp³-hybridized carbons (Fsp3) is 0.0800. The Morgan fingerprint density at radius 2 is 1.59 bits per heavy atom. The highest BCUT2D eigenvalue weighted by atomic mass is 79.9. The second kappa shape index (κ2) is 10.7. The van der Waals surface area contributed by atoms with Gasteiger partial charge < -0.3 is 5.32 Å². The quantitative estimate of drug-likeness (QED) is 0.269. The van der Waals surface area contributed by atoms with E-state index in [0.29, 0.717) is 32.9 Å². The molecule has 0 unspecified atom stereocenters. The number of nitrogens with zero attached hydrogens (tertiary/aromatic N) is 2. The lowest BCUT2D eigenvalue weighted by atomic mass is 10.1. The van der Waals surface area contributed by atoms with Gasteiger partial charge in [0.05, 0.1) is 5.25 Å². The maximum Gasteiger partial charge on any atom is 0.269 e. The number of nitriles is 1. The van der Waals surface area contributed by atoms with Gasteiger partial charge in [-0.25, -0.2) is 0 Å². The van der Waals surface area contributed by atoms with Crippen molar-refractivity contribution >= 4 is 74.1 Å². The first kappa shape index (κ1) is 24.4. The Labute approximate surface area is 219 Å². The van der Waals surface area contributed by atoms with E-state index in [4.69, 9.17) is 23.2 Å². The average Bonchev–Trinajstić information content (AvgIpc) is 3.13. The van der Waals surface area contributed by atoms with Gasteiger partial charge in [0, 0.05) is 25.9 Å². The average molecular weight is 573 g/mol. The van der Waals surface area contributed by atoms with Crippen molar-refractivity contribution in [2.24, 2.45) is 0 Å². The molecular formula is C25H16BrCl2N3O2S. The molecule has 4 rings (SSSR count). The van der Waals surface area contributed by atoms with Crippen molar-refractivity contribution in [3.63, 3.8) is 0 Å². The van der Waals surface area contributed by atoms with E-state index >= 15 is 0 Å². The van der Waals surface area contributed by atoms with Crippen LogP contribution in [0.2, 0.25) is 10.0 Å². The SMILES string of the molecule is N#C/C(C(=O)Nc1ccc(Cl)cc1)=C1/S[C@H](Cc2ccc(Cl)cc2)C(=O)N1c1ccc(Br)cc1. The van der Waals surface area contributed by atoms with Gasteiger partial charge in [-0.05, 0) is 72.6 Å². The lowest BCUT2D eigenvalue weighted by molar-refractivity contribution is -0.117. The summed E-state index contributed by atoms with van der Waals surface area (Å²) in [4.78, 5) is 28.0. The molecule has 9 heteroatoms. The van der Waals surface area contributed by atoms with E-state index < -0.39 is 11.2 Å². The minimum absolute atomic E-state index is 0.144. The molecule has 0 aromatic heterocycles. The van der Waals surface area contributed by atoms with Crippen LogP contribution >= 0.6 is 50.9 Å². The minimum atomic E-state index is -0.602. The molecule has 1 N–H and O–H groups in total. The molecule has 1 atom stereocenters. The predicted octanol–water partition coefficient (Wildman–Crippen LogP) is 6.82. The zero-order valence-electron chi connectivity index (χ0n) is 17.5. The molecule has 1 saturated heterocycles. The van der Waals surface area contributed by atoms with Crippen LogP contribution in [0.3, 0.4) is 0 Å². The number of carbonyl (C=O) groups excluding carboxylic acids is 2. The Bertz CT molecular complexity index is 1300. The van der Waals surface area contributed by atoms with E-state index in [2.05, 4.69) is 21.2 Å². The van der Waals surface area contributed by atoms with E-state index in [1.165, 1.54) is 16.7 Å². The fourth-order valence-corrected chi connectivity index (χ4v) is 5.20. The fourth-order valence-electron chi connectivity index (χ4n) is 3.37. The molecule has 0 bridgehead atoms. The highest BCUT2D eigenvalue weighted by Crippen LogP contribution is 2.42. The summed E-state index contributed by atoms with van der Waals surface area (Å²) in [5, 5.41) is 13.5. The Morgan fingerprint density at radius 3 is 2.18 bits per heavy atom. The first-order valence-corrected chi connectivity index (χ1v) is 12.5. The van der Waals surface area contributed by atoms with Crippen molar-refractivity contribution in [3.05, 3.63) is 103 Å². The maximum absolute atomic E-state index is 13.5. The van der Waals surface area contributed by atoms with Gasteiger partial charge in [-0.15, -0.1) is 0 Å². The topological polar surface area (TPSA) is 73.2 Å². The van der Waals surface area contributed by atoms with E-state index in [-0.39, 0.29) is 11.5 Å². The Kier molecular flexibility index (Phi) is 7.64. The Hall–Kier alpha value is -2.76. The number of hydrogen-bond donors (Lipinski definition) is 1. The smallest absolute Gasteiger partial charge is 0.269 e. The summed E-state index contributed by atoms with van der Waals surface area (Å²) < 4.78 is 0.847. The van der Waals surface area contributed by atoms with Crippen molar-refractivity contribution in [3.8, 4) is 6.07 Å². The van der Waals surface area contributed by atoms with Gasteiger partial charge >= 0.3 is 0 Å². The summed E-state index contributed by atoms with van der Waals surface area (Å²) in [6, 6.07) is 23.0. The number of halogens is 3. The van der Waals surface area contributed by atoms with Crippen LogP contribution in [0.1, 0.15) is 5.56 Å². The normalized spacial score (nSPS) is 16.8. The number of carbonyl (C=O) groups is 2. The van der Waals surface area contributed by atoms with Crippen molar-refractivity contribution < 1.29 is 9.59 Å². The number of rotatable bonds is 5. The number of thioether (sulfide) groups is 1. The van der Waals surface area contributed by atoms with E-state index in [1.54, 1.807) is 60.7 Å². The third-order valence-electron chi connectivity index (χ3n) is 5.03. The Morgan fingerprint density at radius 1 is 1.00 bits per heavy atom. The molecule has 0 saturated carbocycles. The van der Waals surface area contributed by atoms with Gasteiger partial charge in [0.25, 0.3) is 5.91 Å². The second-order valence-electron chi connectivity index (χ2n) is 7.34. The predicted molar refractivity (Wildman–Crippen MR) is 141 cm³/mol. The van der Waals surface area contributed by atoms with Crippen molar-refractivity contribution in [1.29, 1.82) is 5.26 Å². The summed E-state index contributed by atoms with van der Waals surface area (Å²) in [6.07, 6.45) is 0.425. The van der Waals surface area contributed by atoms with Crippen LogP contribution in [0.5, 0.6) is 0 Å². The van der Waals surface area contributed by atoms with Crippen LogP contribution < -0.4 is 10.2 Å². The van der Waals surface area contributed by atoms with E-state index in [0.717, 1.165) is 10.0 Å². The summed E-state index contributed by atoms with van der Waals surface area (Å²) in [7, 11) is 0. The third-order valence-corrected chi connectivity index (χ3v) is 7.32. The molecule has 5 nitrogen and oxygen atoms in total. The summed E-state index contributed by atoms with van der Waals surface area (Å²) >= 11 is 16.5. The van der Waals surface area contributed by atoms with Gasteiger partial charge in [-0.1, -0.05) is 63.0 Å². The van der Waals surface area contributed by atoms with Gasteiger partial charge in [-0.3, -0.25) is 14.5 Å². The highest BCUT2D eigenvalue weighted by Gasteiger charge is 2.40. The van der Waals surface area contributed by atoms with Crippen LogP contribution in [-0.4, -0.2) is 17.1 Å². The summed E-state index contributed by atoms with van der Waals surface area (Å²) in [5.74, 6) is -0.807. The Balaban J connectivity index is 1.71. The zero-order valence-corrected chi connectivity index (χ0v) is 21.4. The molecule has 0 spiro atoms. The largest absolute Gasteiger partial charge is 0.321 e. The lowest BCUT2D eigenvalue weighted by Crippen LogP contribution is -2.30. The van der Waals surface area contributed by atoms with Crippen LogP contribution in [-0.2, 0) is 16.0 Å². The number of anilines is 2. The molecule has 3 aromatic carbocycles. The highest BCUT2D eigenvalue weighted by molar-refractivity contribution is 9.10. The molecule has 3 aromatic rings. The van der Waals surface area contributed by atoms with E-state index in [1.807, 2.05) is 18.2 Å². The monoisotopic (exact) mass is 571 g/mol. The van der Waals surface area contributed by atoms with Crippen LogP contribution in [0.4, 0.5) is 11.4 Å². The molecule has 170 valence electrons. The number of hydrogen-bond acceptors (Lipinski definition) is 4. The molecule has 2 amide bonds. The molecule has 0 aliphatic carbocycles. The van der Waals surface area contributed by atoms with Crippen LogP contribution in [0, 0.1) is 11.3 Å². The number of amides is 2. The van der Waals surface area contributed by atoms with Crippen molar-refractivity contribution in [2.75, 3.05) is 10.2 Å². The first-order valence-electron chi connectivity index (χ1n) is 10.1. The minimum Gasteiger partial charge on any atom is -0.321 e. The van der Waals surface area contributed by atoms with Crippen molar-refractivity contribution in [2.45, 2.75) is 11.7 Å². The molecule has 1 fully saturated rings. The molecular weight excluding hydrogens is 557 g/mol. The first-order chi connectivity index (χ1) is 16.4. The lowest BCUT2D eigenvalue weighted by Gasteiger charge is -2.19. The maximum atomic E-state index is 13.5. The summed E-state index contributed by atoms with van der Waals surface area (Å²) in [6.45, 7) is 0. The standard InChI is InChI=1S/C25H16BrCl2N3O2S/c26-16-3-11-20(12-4-16)31-24(33)22(13-15-1-5-17(27)6-2-15)34-25(31)21(14-29)23(32)30-19-9-7-18(28)8-10-19/h1-12,22H,13H2,(H,30,32)/b25-21-/t22-/m1/s1. The van der Waals surface area contributed by atoms with Crippen LogP contribution in [0.15, 0.2) is 87.9 Å². The second-order valence-corrected chi connectivity index (χ2v) is 10.3. The van der Waals surface area contributed by atoms with Crippen LogP contribution in [0.25, 0.3) is 0 Å².